The van der Waals surface area contributed by atoms with E-state index >= 15 is 0 Å². The van der Waals surface area contributed by atoms with Gasteiger partial charge in [-0.1, -0.05) is 6.92 Å². The van der Waals surface area contributed by atoms with Crippen molar-refractivity contribution in [1.82, 2.24) is 15.1 Å². The molecular weight excluding hydrogens is 380 g/mol. The molecule has 2 N–H and O–H groups in total. The predicted molar refractivity (Wildman–Crippen MR) is 113 cm³/mol. The van der Waals surface area contributed by atoms with Crippen molar-refractivity contribution in [3.05, 3.63) is 33.5 Å². The fourth-order valence-corrected chi connectivity index (χ4v) is 5.36. The van der Waals surface area contributed by atoms with Crippen LogP contribution in [0.1, 0.15) is 58.4 Å². The number of hydrogen-bond donors (Lipinski definition) is 2. The summed E-state index contributed by atoms with van der Waals surface area (Å²) in [6, 6.07) is 0.00915. The zero-order valence-corrected chi connectivity index (χ0v) is 18.0. The maximum atomic E-state index is 12.4. The number of ether oxygens (including phenoxy) is 1. The van der Waals surface area contributed by atoms with E-state index in [1.807, 2.05) is 27.1 Å². The number of thiophene rings is 1. The second kappa shape index (κ2) is 7.98. The smallest absolute Gasteiger partial charge is 0.341 e. The molecule has 8 heteroatoms. The van der Waals surface area contributed by atoms with Crippen LogP contribution in [0.4, 0.5) is 5.00 Å². The van der Waals surface area contributed by atoms with Crippen molar-refractivity contribution in [2.75, 3.05) is 12.4 Å². The molecule has 6 nitrogen and oxygen atoms in total. The zero-order chi connectivity index (χ0) is 19.7. The standard InChI is InChI=1S/C19H26N4O2S2/c1-10-6-7-13-15(8-10)27-17(16(13)18(24)25-5)21-19(26)20-11(2)14-9-23(4)22-12(14)3/h9-11H,6-8H2,1-5H3,(H2,20,21,26). The molecule has 2 heterocycles. The highest BCUT2D eigenvalue weighted by Gasteiger charge is 2.28. The number of fused-ring (bicyclic) bond motifs is 1. The highest BCUT2D eigenvalue weighted by molar-refractivity contribution is 7.80. The Kier molecular flexibility index (Phi) is 5.86. The van der Waals surface area contributed by atoms with Gasteiger partial charge in [0.2, 0.25) is 0 Å². The first-order chi connectivity index (χ1) is 12.8. The number of aromatic nitrogens is 2. The predicted octanol–water partition coefficient (Wildman–Crippen LogP) is 3.75. The number of anilines is 1. The number of carbonyl (C=O) groups is 1. The molecule has 2 aromatic heterocycles. The lowest BCUT2D eigenvalue weighted by Gasteiger charge is -2.18. The Morgan fingerprint density at radius 1 is 1.52 bits per heavy atom. The van der Waals surface area contributed by atoms with Crippen molar-refractivity contribution in [2.45, 2.75) is 46.1 Å². The van der Waals surface area contributed by atoms with Crippen molar-refractivity contribution >= 4 is 39.6 Å². The van der Waals surface area contributed by atoms with Gasteiger partial charge in [-0.15, -0.1) is 11.3 Å². The monoisotopic (exact) mass is 406 g/mol. The van der Waals surface area contributed by atoms with Gasteiger partial charge in [-0.25, -0.2) is 4.79 Å². The molecule has 0 fully saturated rings. The van der Waals surface area contributed by atoms with Gasteiger partial charge < -0.3 is 15.4 Å². The van der Waals surface area contributed by atoms with E-state index in [9.17, 15) is 4.79 Å². The molecule has 3 rings (SSSR count). The Balaban J connectivity index is 1.79. The van der Waals surface area contributed by atoms with E-state index in [0.717, 1.165) is 41.1 Å². The Labute approximate surface area is 169 Å². The number of esters is 1. The van der Waals surface area contributed by atoms with E-state index in [4.69, 9.17) is 17.0 Å². The molecule has 2 atom stereocenters. The number of nitrogens with zero attached hydrogens (tertiary/aromatic N) is 2. The van der Waals surface area contributed by atoms with Crippen LogP contribution in [0.5, 0.6) is 0 Å². The number of aryl methyl sites for hydroxylation is 2. The molecule has 0 aromatic carbocycles. The van der Waals surface area contributed by atoms with Crippen LogP contribution in [0.15, 0.2) is 6.20 Å². The second-order valence-corrected chi connectivity index (χ2v) is 8.72. The maximum absolute atomic E-state index is 12.4. The SMILES string of the molecule is COC(=O)c1c(NC(=S)NC(C)c2cn(C)nc2C)sc2c1CCC(C)C2. The molecular formula is C19H26N4O2S2. The van der Waals surface area contributed by atoms with Crippen LogP contribution < -0.4 is 10.6 Å². The summed E-state index contributed by atoms with van der Waals surface area (Å²) >= 11 is 7.13. The van der Waals surface area contributed by atoms with Crippen LogP contribution in [0, 0.1) is 12.8 Å². The van der Waals surface area contributed by atoms with E-state index in [-0.39, 0.29) is 12.0 Å². The normalized spacial score (nSPS) is 17.1. The first-order valence-electron chi connectivity index (χ1n) is 9.10. The molecule has 0 saturated heterocycles. The minimum absolute atomic E-state index is 0.00915. The van der Waals surface area contributed by atoms with Crippen LogP contribution >= 0.6 is 23.6 Å². The fourth-order valence-electron chi connectivity index (χ4n) is 3.61. The minimum atomic E-state index is -0.302. The lowest BCUT2D eigenvalue weighted by Crippen LogP contribution is -2.31. The minimum Gasteiger partial charge on any atom is -0.465 e. The van der Waals surface area contributed by atoms with Gasteiger partial charge in [0.1, 0.15) is 5.00 Å². The number of thiocarbonyl (C=S) groups is 1. The third-order valence-electron chi connectivity index (χ3n) is 4.99. The quantitative estimate of drug-likeness (QED) is 0.595. The highest BCUT2D eigenvalue weighted by Crippen LogP contribution is 2.40. The van der Waals surface area contributed by atoms with Gasteiger partial charge >= 0.3 is 5.97 Å². The van der Waals surface area contributed by atoms with Gasteiger partial charge in [-0.3, -0.25) is 4.68 Å². The number of nitrogens with one attached hydrogen (secondary N) is 2. The molecule has 0 aliphatic heterocycles. The summed E-state index contributed by atoms with van der Waals surface area (Å²) in [5.41, 5.74) is 3.82. The van der Waals surface area contributed by atoms with Crippen molar-refractivity contribution in [2.24, 2.45) is 13.0 Å². The van der Waals surface area contributed by atoms with E-state index in [1.165, 1.54) is 12.0 Å². The summed E-state index contributed by atoms with van der Waals surface area (Å²) in [4.78, 5) is 13.7. The molecule has 1 aliphatic carbocycles. The Hall–Kier alpha value is -1.93. The molecule has 0 saturated carbocycles. The number of methoxy groups -OCH3 is 1. The zero-order valence-electron chi connectivity index (χ0n) is 16.4. The Bertz CT molecular complexity index is 871. The van der Waals surface area contributed by atoms with Gasteiger partial charge in [0.05, 0.1) is 24.4 Å². The first-order valence-corrected chi connectivity index (χ1v) is 10.3. The van der Waals surface area contributed by atoms with Crippen molar-refractivity contribution in [3.63, 3.8) is 0 Å². The average Bonchev–Trinajstić information content (AvgIpc) is 3.12. The lowest BCUT2D eigenvalue weighted by atomic mass is 9.88. The summed E-state index contributed by atoms with van der Waals surface area (Å²) in [6.07, 6.45) is 4.98. The summed E-state index contributed by atoms with van der Waals surface area (Å²) < 4.78 is 6.83. The van der Waals surface area contributed by atoms with Gasteiger partial charge in [0.25, 0.3) is 0 Å². The van der Waals surface area contributed by atoms with Gasteiger partial charge in [-0.05, 0) is 56.8 Å². The van der Waals surface area contributed by atoms with Gasteiger partial charge in [-0.2, -0.15) is 5.10 Å². The summed E-state index contributed by atoms with van der Waals surface area (Å²) in [5.74, 6) is 0.330. The summed E-state index contributed by atoms with van der Waals surface area (Å²) in [7, 11) is 3.32. The topological polar surface area (TPSA) is 68.2 Å². The third kappa shape index (κ3) is 4.16. The average molecular weight is 407 g/mol. The van der Waals surface area contributed by atoms with Crippen LogP contribution in [0.25, 0.3) is 0 Å². The molecule has 2 aromatic rings. The molecule has 0 radical (unpaired) electrons. The fraction of sp³-hybridized carbons (Fsp3) is 0.526. The van der Waals surface area contributed by atoms with Crippen LogP contribution in [0.2, 0.25) is 0 Å². The maximum Gasteiger partial charge on any atom is 0.341 e. The van der Waals surface area contributed by atoms with Gasteiger partial charge in [0.15, 0.2) is 5.11 Å². The largest absolute Gasteiger partial charge is 0.465 e. The lowest BCUT2D eigenvalue weighted by molar-refractivity contribution is 0.0601. The molecule has 27 heavy (non-hydrogen) atoms. The molecule has 0 spiro atoms. The van der Waals surface area contributed by atoms with E-state index in [1.54, 1.807) is 16.0 Å². The van der Waals surface area contributed by atoms with Crippen molar-refractivity contribution < 1.29 is 9.53 Å². The van der Waals surface area contributed by atoms with Crippen LogP contribution in [-0.4, -0.2) is 28.0 Å². The van der Waals surface area contributed by atoms with Gasteiger partial charge in [0, 0.05) is 23.7 Å². The number of carbonyl (C=O) groups excluding carboxylic acids is 1. The molecule has 2 unspecified atom stereocenters. The molecule has 1 aliphatic rings. The molecule has 0 amide bonds. The van der Waals surface area contributed by atoms with Crippen molar-refractivity contribution in [1.29, 1.82) is 0 Å². The third-order valence-corrected chi connectivity index (χ3v) is 6.38. The Morgan fingerprint density at radius 3 is 2.89 bits per heavy atom. The first kappa shape index (κ1) is 19.8. The van der Waals surface area contributed by atoms with Crippen LogP contribution in [-0.2, 0) is 24.6 Å². The number of hydrogen-bond acceptors (Lipinski definition) is 5. The molecule has 0 bridgehead atoms. The van der Waals surface area contributed by atoms with Crippen LogP contribution in [0.3, 0.4) is 0 Å². The summed E-state index contributed by atoms with van der Waals surface area (Å²) in [6.45, 7) is 6.27. The van der Waals surface area contributed by atoms with E-state index < -0.39 is 0 Å². The van der Waals surface area contributed by atoms with Crippen molar-refractivity contribution in [3.8, 4) is 0 Å². The molecule has 146 valence electrons. The summed E-state index contributed by atoms with van der Waals surface area (Å²) in [5, 5.41) is 12.2. The Morgan fingerprint density at radius 2 is 2.26 bits per heavy atom. The number of rotatable bonds is 4. The van der Waals surface area contributed by atoms with E-state index in [2.05, 4.69) is 22.7 Å². The second-order valence-electron chi connectivity index (χ2n) is 7.21. The van der Waals surface area contributed by atoms with E-state index in [0.29, 0.717) is 16.6 Å². The highest BCUT2D eigenvalue weighted by atomic mass is 32.1.